The van der Waals surface area contributed by atoms with Gasteiger partial charge in [-0.3, -0.25) is 0 Å². The molecule has 0 aliphatic heterocycles. The third kappa shape index (κ3) is 2.86. The monoisotopic (exact) mass is 295 g/mol. The van der Waals surface area contributed by atoms with E-state index in [0.29, 0.717) is 0 Å². The highest BCUT2D eigenvalue weighted by Crippen LogP contribution is 2.26. The Morgan fingerprint density at radius 2 is 1.88 bits per heavy atom. The van der Waals surface area contributed by atoms with Gasteiger partial charge < -0.3 is 5.32 Å². The minimum Gasteiger partial charge on any atom is -0.380 e. The van der Waals surface area contributed by atoms with Crippen molar-refractivity contribution < 1.29 is 0 Å². The molecule has 0 aliphatic carbocycles. The summed E-state index contributed by atoms with van der Waals surface area (Å²) in [6.07, 6.45) is 0. The van der Waals surface area contributed by atoms with Crippen LogP contribution >= 0.6 is 27.3 Å². The summed E-state index contributed by atoms with van der Waals surface area (Å²) in [4.78, 5) is 2.69. The van der Waals surface area contributed by atoms with Gasteiger partial charge in [0.25, 0.3) is 0 Å². The van der Waals surface area contributed by atoms with E-state index in [2.05, 4.69) is 65.4 Å². The van der Waals surface area contributed by atoms with Crippen LogP contribution in [0.2, 0.25) is 0 Å². The van der Waals surface area contributed by atoms with Gasteiger partial charge in [0.1, 0.15) is 0 Å². The predicted molar refractivity (Wildman–Crippen MR) is 75.3 cm³/mol. The largest absolute Gasteiger partial charge is 0.380 e. The molecule has 0 bridgehead atoms. The van der Waals surface area contributed by atoms with Crippen LogP contribution in [0.15, 0.2) is 34.8 Å². The number of hydrogen-bond acceptors (Lipinski definition) is 2. The van der Waals surface area contributed by atoms with E-state index in [1.54, 1.807) is 0 Å². The van der Waals surface area contributed by atoms with E-state index in [-0.39, 0.29) is 0 Å². The first-order chi connectivity index (χ1) is 7.65. The van der Waals surface area contributed by atoms with Gasteiger partial charge in [-0.05, 0) is 48.0 Å². The van der Waals surface area contributed by atoms with Crippen molar-refractivity contribution in [2.45, 2.75) is 20.4 Å². The van der Waals surface area contributed by atoms with Gasteiger partial charge in [0.15, 0.2) is 0 Å². The molecule has 0 fully saturated rings. The predicted octanol–water partition coefficient (Wildman–Crippen LogP) is 4.74. The summed E-state index contributed by atoms with van der Waals surface area (Å²) in [6, 6.07) is 10.7. The molecule has 1 heterocycles. The summed E-state index contributed by atoms with van der Waals surface area (Å²) in [5.41, 5.74) is 2.47. The summed E-state index contributed by atoms with van der Waals surface area (Å²) in [5.74, 6) is 0. The Morgan fingerprint density at radius 3 is 2.44 bits per heavy atom. The van der Waals surface area contributed by atoms with Crippen LogP contribution in [-0.2, 0) is 6.54 Å². The third-order valence-electron chi connectivity index (χ3n) is 2.43. The SMILES string of the molecule is Cc1ccc(NCc2cc(Br)c(C)s2)cc1. The number of aryl methyl sites for hydroxylation is 2. The number of thiophene rings is 1. The lowest BCUT2D eigenvalue weighted by atomic mass is 10.2. The molecule has 0 saturated heterocycles. The number of benzene rings is 1. The maximum absolute atomic E-state index is 3.53. The zero-order chi connectivity index (χ0) is 11.5. The first kappa shape index (κ1) is 11.7. The van der Waals surface area contributed by atoms with Crippen molar-refractivity contribution in [2.75, 3.05) is 5.32 Å². The normalized spacial score (nSPS) is 10.4. The molecule has 1 nitrogen and oxygen atoms in total. The van der Waals surface area contributed by atoms with Crippen LogP contribution in [0.1, 0.15) is 15.3 Å². The maximum Gasteiger partial charge on any atom is 0.0494 e. The van der Waals surface area contributed by atoms with E-state index in [1.807, 2.05) is 11.3 Å². The van der Waals surface area contributed by atoms with Crippen LogP contribution in [0.4, 0.5) is 5.69 Å². The molecule has 2 aromatic rings. The van der Waals surface area contributed by atoms with Gasteiger partial charge in [-0.25, -0.2) is 0 Å². The Bertz CT molecular complexity index is 454. The molecule has 1 aromatic carbocycles. The highest BCUT2D eigenvalue weighted by Gasteiger charge is 2.02. The number of anilines is 1. The topological polar surface area (TPSA) is 12.0 Å². The lowest BCUT2D eigenvalue weighted by Crippen LogP contribution is -1.96. The summed E-state index contributed by atoms with van der Waals surface area (Å²) in [5, 5.41) is 3.42. The third-order valence-corrected chi connectivity index (χ3v) is 4.56. The molecule has 0 atom stereocenters. The standard InChI is InChI=1S/C13H14BrNS/c1-9-3-5-11(6-4-9)15-8-12-7-13(14)10(2)16-12/h3-7,15H,8H2,1-2H3. The highest BCUT2D eigenvalue weighted by molar-refractivity contribution is 9.10. The molecule has 1 aromatic heterocycles. The molecular weight excluding hydrogens is 282 g/mol. The molecule has 0 amide bonds. The molecule has 1 N–H and O–H groups in total. The van der Waals surface area contributed by atoms with Crippen molar-refractivity contribution in [1.82, 2.24) is 0 Å². The van der Waals surface area contributed by atoms with E-state index >= 15 is 0 Å². The van der Waals surface area contributed by atoms with Crippen LogP contribution in [0, 0.1) is 13.8 Å². The van der Waals surface area contributed by atoms with Gasteiger partial charge in [-0.15, -0.1) is 11.3 Å². The minimum atomic E-state index is 0.889. The van der Waals surface area contributed by atoms with Gasteiger partial charge in [0.05, 0.1) is 0 Å². The second-order valence-corrected chi connectivity index (χ2v) is 6.03. The Balaban J connectivity index is 1.99. The average molecular weight is 296 g/mol. The summed E-state index contributed by atoms with van der Waals surface area (Å²) in [6.45, 7) is 5.12. The van der Waals surface area contributed by atoms with Gasteiger partial charge in [-0.1, -0.05) is 17.7 Å². The number of hydrogen-bond donors (Lipinski definition) is 1. The zero-order valence-corrected chi connectivity index (χ0v) is 11.8. The molecule has 3 heteroatoms. The Kier molecular flexibility index (Phi) is 3.66. The molecule has 16 heavy (non-hydrogen) atoms. The minimum absolute atomic E-state index is 0.889. The molecule has 0 saturated carbocycles. The van der Waals surface area contributed by atoms with Crippen LogP contribution in [-0.4, -0.2) is 0 Å². The second kappa shape index (κ2) is 5.02. The van der Waals surface area contributed by atoms with E-state index in [9.17, 15) is 0 Å². The summed E-state index contributed by atoms with van der Waals surface area (Å²) < 4.78 is 1.21. The fourth-order valence-electron chi connectivity index (χ4n) is 1.47. The van der Waals surface area contributed by atoms with E-state index in [0.717, 1.165) is 6.54 Å². The first-order valence-electron chi connectivity index (χ1n) is 5.20. The van der Waals surface area contributed by atoms with Crippen molar-refractivity contribution in [1.29, 1.82) is 0 Å². The second-order valence-electron chi connectivity index (χ2n) is 3.84. The van der Waals surface area contributed by atoms with Gasteiger partial charge in [0, 0.05) is 26.5 Å². The fourth-order valence-corrected chi connectivity index (χ4v) is 3.01. The van der Waals surface area contributed by atoms with Crippen molar-refractivity contribution in [3.05, 3.63) is 50.1 Å². The Morgan fingerprint density at radius 1 is 1.19 bits per heavy atom. The Hall–Kier alpha value is -0.800. The molecular formula is C13H14BrNS. The summed E-state index contributed by atoms with van der Waals surface area (Å²) >= 11 is 5.36. The zero-order valence-electron chi connectivity index (χ0n) is 9.38. The number of rotatable bonds is 3. The fraction of sp³-hybridized carbons (Fsp3) is 0.231. The van der Waals surface area contributed by atoms with Crippen LogP contribution in [0.25, 0.3) is 0 Å². The van der Waals surface area contributed by atoms with Crippen LogP contribution in [0.3, 0.4) is 0 Å². The molecule has 0 spiro atoms. The Labute approximate surface area is 109 Å². The number of halogens is 1. The summed E-state index contributed by atoms with van der Waals surface area (Å²) in [7, 11) is 0. The van der Waals surface area contributed by atoms with Crippen molar-refractivity contribution in [3.8, 4) is 0 Å². The first-order valence-corrected chi connectivity index (χ1v) is 6.81. The smallest absolute Gasteiger partial charge is 0.0494 e. The van der Waals surface area contributed by atoms with Gasteiger partial charge in [0.2, 0.25) is 0 Å². The lowest BCUT2D eigenvalue weighted by Gasteiger charge is -2.04. The van der Waals surface area contributed by atoms with Crippen molar-refractivity contribution in [3.63, 3.8) is 0 Å². The van der Waals surface area contributed by atoms with E-state index < -0.39 is 0 Å². The molecule has 84 valence electrons. The van der Waals surface area contributed by atoms with Crippen LogP contribution < -0.4 is 5.32 Å². The van der Waals surface area contributed by atoms with E-state index in [1.165, 1.54) is 25.5 Å². The number of nitrogens with one attached hydrogen (secondary N) is 1. The average Bonchev–Trinajstić information content (AvgIpc) is 2.58. The highest BCUT2D eigenvalue weighted by atomic mass is 79.9. The molecule has 2 rings (SSSR count). The van der Waals surface area contributed by atoms with Gasteiger partial charge >= 0.3 is 0 Å². The molecule has 0 unspecified atom stereocenters. The maximum atomic E-state index is 3.53. The van der Waals surface area contributed by atoms with Gasteiger partial charge in [-0.2, -0.15) is 0 Å². The van der Waals surface area contributed by atoms with E-state index in [4.69, 9.17) is 0 Å². The van der Waals surface area contributed by atoms with Crippen molar-refractivity contribution >= 4 is 33.0 Å². The molecule has 0 radical (unpaired) electrons. The molecule has 0 aliphatic rings. The quantitative estimate of drug-likeness (QED) is 0.862. The lowest BCUT2D eigenvalue weighted by molar-refractivity contribution is 1.19. The van der Waals surface area contributed by atoms with Crippen LogP contribution in [0.5, 0.6) is 0 Å². The van der Waals surface area contributed by atoms with Crippen molar-refractivity contribution in [2.24, 2.45) is 0 Å².